The molecule has 0 aliphatic rings. The number of hydrogen-bond donors (Lipinski definition) is 1. The summed E-state index contributed by atoms with van der Waals surface area (Å²) in [6.45, 7) is 1.82. The fourth-order valence-electron chi connectivity index (χ4n) is 2.10. The van der Waals surface area contributed by atoms with Gasteiger partial charge in [0, 0.05) is 5.56 Å². The van der Waals surface area contributed by atoms with Crippen molar-refractivity contribution in [3.05, 3.63) is 35.4 Å². The Labute approximate surface area is 110 Å². The van der Waals surface area contributed by atoms with Crippen LogP contribution in [0.1, 0.15) is 61.4 Å². The van der Waals surface area contributed by atoms with Crippen LogP contribution in [0.5, 0.6) is 0 Å². The lowest BCUT2D eigenvalue weighted by molar-refractivity contribution is 0.0903. The summed E-state index contributed by atoms with van der Waals surface area (Å²) in [5, 5.41) is 8.83. The van der Waals surface area contributed by atoms with E-state index in [0.717, 1.165) is 6.42 Å². The first kappa shape index (κ1) is 14.9. The number of benzene rings is 1. The Morgan fingerprint density at radius 2 is 1.83 bits per heavy atom. The lowest BCUT2D eigenvalue weighted by Gasteiger charge is -2.04. The third kappa shape index (κ3) is 5.46. The number of unbranched alkanes of at least 4 members (excludes halogenated alkanes) is 5. The van der Waals surface area contributed by atoms with Crippen molar-refractivity contribution in [3.63, 3.8) is 0 Å². The van der Waals surface area contributed by atoms with E-state index in [1.807, 2.05) is 12.1 Å². The first-order chi connectivity index (χ1) is 8.77. The smallest absolute Gasteiger partial charge is 0.188 e. The van der Waals surface area contributed by atoms with Crippen LogP contribution in [-0.4, -0.2) is 17.5 Å². The SMILES string of the molecule is CCCCCCCCc1cccc(C(=O)CO)c1. The summed E-state index contributed by atoms with van der Waals surface area (Å²) in [7, 11) is 0. The number of ketones is 1. The third-order valence-corrected chi connectivity index (χ3v) is 3.21. The van der Waals surface area contributed by atoms with Gasteiger partial charge >= 0.3 is 0 Å². The van der Waals surface area contributed by atoms with E-state index in [9.17, 15) is 4.79 Å². The molecular formula is C16H24O2. The van der Waals surface area contributed by atoms with Crippen molar-refractivity contribution < 1.29 is 9.90 Å². The van der Waals surface area contributed by atoms with Gasteiger partial charge in [0.1, 0.15) is 6.61 Å². The highest BCUT2D eigenvalue weighted by Gasteiger charge is 2.04. The molecular weight excluding hydrogens is 224 g/mol. The molecule has 2 nitrogen and oxygen atoms in total. The van der Waals surface area contributed by atoms with Crippen LogP contribution in [0.4, 0.5) is 0 Å². The van der Waals surface area contributed by atoms with Gasteiger partial charge in [-0.15, -0.1) is 0 Å². The van der Waals surface area contributed by atoms with Crippen molar-refractivity contribution in [2.45, 2.75) is 51.9 Å². The predicted molar refractivity (Wildman–Crippen MR) is 74.9 cm³/mol. The highest BCUT2D eigenvalue weighted by atomic mass is 16.3. The molecule has 0 aliphatic heterocycles. The van der Waals surface area contributed by atoms with Gasteiger partial charge in [-0.1, -0.05) is 57.2 Å². The Morgan fingerprint density at radius 1 is 1.11 bits per heavy atom. The molecule has 0 bridgehead atoms. The first-order valence-electron chi connectivity index (χ1n) is 7.01. The molecule has 0 unspecified atom stereocenters. The van der Waals surface area contributed by atoms with Gasteiger partial charge in [-0.2, -0.15) is 0 Å². The molecule has 0 aliphatic carbocycles. The average molecular weight is 248 g/mol. The molecule has 0 saturated heterocycles. The molecule has 2 heteroatoms. The molecule has 0 atom stereocenters. The third-order valence-electron chi connectivity index (χ3n) is 3.21. The molecule has 0 amide bonds. The van der Waals surface area contributed by atoms with Crippen molar-refractivity contribution in [2.24, 2.45) is 0 Å². The highest BCUT2D eigenvalue weighted by molar-refractivity contribution is 5.97. The molecule has 1 aromatic rings. The summed E-state index contributed by atoms with van der Waals surface area (Å²) in [6, 6.07) is 7.63. The van der Waals surface area contributed by atoms with E-state index in [2.05, 4.69) is 13.0 Å². The molecule has 0 saturated carbocycles. The van der Waals surface area contributed by atoms with E-state index >= 15 is 0 Å². The lowest BCUT2D eigenvalue weighted by Crippen LogP contribution is -2.04. The predicted octanol–water partition coefficient (Wildman–Crippen LogP) is 3.76. The van der Waals surface area contributed by atoms with Gasteiger partial charge in [0.15, 0.2) is 5.78 Å². The summed E-state index contributed by atoms with van der Waals surface area (Å²) < 4.78 is 0. The number of carbonyl (C=O) groups is 1. The van der Waals surface area contributed by atoms with Crippen LogP contribution in [-0.2, 0) is 6.42 Å². The highest BCUT2D eigenvalue weighted by Crippen LogP contribution is 2.12. The number of aryl methyl sites for hydroxylation is 1. The van der Waals surface area contributed by atoms with Crippen molar-refractivity contribution in [3.8, 4) is 0 Å². The zero-order valence-corrected chi connectivity index (χ0v) is 11.3. The minimum Gasteiger partial charge on any atom is -0.388 e. The Hall–Kier alpha value is -1.15. The number of hydrogen-bond acceptors (Lipinski definition) is 2. The zero-order chi connectivity index (χ0) is 13.2. The lowest BCUT2D eigenvalue weighted by atomic mass is 10.0. The van der Waals surface area contributed by atoms with Crippen molar-refractivity contribution in [1.82, 2.24) is 0 Å². The Morgan fingerprint density at radius 3 is 2.56 bits per heavy atom. The quantitative estimate of drug-likeness (QED) is 0.533. The van der Waals surface area contributed by atoms with Crippen LogP contribution in [0.2, 0.25) is 0 Å². The number of aliphatic hydroxyl groups is 1. The molecule has 1 aromatic carbocycles. The summed E-state index contributed by atoms with van der Waals surface area (Å²) in [5.41, 5.74) is 1.82. The summed E-state index contributed by atoms with van der Waals surface area (Å²) in [4.78, 5) is 11.4. The molecule has 1 rings (SSSR count). The van der Waals surface area contributed by atoms with Gasteiger partial charge in [-0.3, -0.25) is 4.79 Å². The van der Waals surface area contributed by atoms with E-state index in [-0.39, 0.29) is 5.78 Å². The number of rotatable bonds is 9. The van der Waals surface area contributed by atoms with E-state index in [1.165, 1.54) is 44.1 Å². The first-order valence-corrected chi connectivity index (χ1v) is 7.01. The monoisotopic (exact) mass is 248 g/mol. The van der Waals surface area contributed by atoms with Gasteiger partial charge < -0.3 is 5.11 Å². The van der Waals surface area contributed by atoms with E-state index in [4.69, 9.17) is 5.11 Å². The van der Waals surface area contributed by atoms with Crippen LogP contribution in [0, 0.1) is 0 Å². The number of carbonyl (C=O) groups excluding carboxylic acids is 1. The van der Waals surface area contributed by atoms with Gasteiger partial charge in [0.05, 0.1) is 0 Å². The summed E-state index contributed by atoms with van der Waals surface area (Å²) >= 11 is 0. The second kappa shape index (κ2) is 8.87. The van der Waals surface area contributed by atoms with Crippen LogP contribution < -0.4 is 0 Å². The average Bonchev–Trinajstić information content (AvgIpc) is 2.42. The van der Waals surface area contributed by atoms with Crippen LogP contribution in [0.3, 0.4) is 0 Å². The molecule has 0 radical (unpaired) electrons. The van der Waals surface area contributed by atoms with Gasteiger partial charge in [-0.05, 0) is 24.5 Å². The van der Waals surface area contributed by atoms with Gasteiger partial charge in [0.25, 0.3) is 0 Å². The Kier molecular flexibility index (Phi) is 7.35. The van der Waals surface area contributed by atoms with Crippen molar-refractivity contribution in [1.29, 1.82) is 0 Å². The number of Topliss-reactive ketones (excluding diaryl/α,β-unsaturated/α-hetero) is 1. The van der Waals surface area contributed by atoms with Gasteiger partial charge in [0.2, 0.25) is 0 Å². The topological polar surface area (TPSA) is 37.3 Å². The second-order valence-corrected chi connectivity index (χ2v) is 4.80. The van der Waals surface area contributed by atoms with Gasteiger partial charge in [-0.25, -0.2) is 0 Å². The molecule has 1 N–H and O–H groups in total. The molecule has 18 heavy (non-hydrogen) atoms. The maximum absolute atomic E-state index is 11.4. The fraction of sp³-hybridized carbons (Fsp3) is 0.562. The van der Waals surface area contributed by atoms with E-state index in [0.29, 0.717) is 5.56 Å². The summed E-state index contributed by atoms with van der Waals surface area (Å²) in [6.07, 6.45) is 8.73. The second-order valence-electron chi connectivity index (χ2n) is 4.80. The molecule has 0 aromatic heterocycles. The van der Waals surface area contributed by atoms with Crippen molar-refractivity contribution >= 4 is 5.78 Å². The van der Waals surface area contributed by atoms with E-state index in [1.54, 1.807) is 6.07 Å². The Bertz CT molecular complexity index is 358. The fourth-order valence-corrected chi connectivity index (χ4v) is 2.10. The maximum atomic E-state index is 11.4. The van der Waals surface area contributed by atoms with Crippen LogP contribution in [0.15, 0.2) is 24.3 Å². The largest absolute Gasteiger partial charge is 0.388 e. The minimum atomic E-state index is -0.402. The Balaban J connectivity index is 2.32. The van der Waals surface area contributed by atoms with E-state index < -0.39 is 6.61 Å². The number of aliphatic hydroxyl groups excluding tert-OH is 1. The van der Waals surface area contributed by atoms with Crippen LogP contribution >= 0.6 is 0 Å². The molecule has 0 heterocycles. The van der Waals surface area contributed by atoms with Crippen molar-refractivity contribution in [2.75, 3.05) is 6.61 Å². The zero-order valence-electron chi connectivity index (χ0n) is 11.3. The van der Waals surface area contributed by atoms with Crippen LogP contribution in [0.25, 0.3) is 0 Å². The molecule has 0 spiro atoms. The molecule has 0 fully saturated rings. The standard InChI is InChI=1S/C16H24O2/c1-2-3-4-5-6-7-9-14-10-8-11-15(12-14)16(18)13-17/h8,10-12,17H,2-7,9,13H2,1H3. The normalized spacial score (nSPS) is 10.6. The minimum absolute atomic E-state index is 0.195. The maximum Gasteiger partial charge on any atom is 0.188 e. The summed E-state index contributed by atoms with van der Waals surface area (Å²) in [5.74, 6) is -0.195. The molecule has 100 valence electrons.